The maximum absolute atomic E-state index is 13.4. The summed E-state index contributed by atoms with van der Waals surface area (Å²) in [6, 6.07) is 10.1. The van der Waals surface area contributed by atoms with E-state index in [-0.39, 0.29) is 12.4 Å². The van der Waals surface area contributed by atoms with Crippen LogP contribution in [0.3, 0.4) is 0 Å². The second-order valence-electron chi connectivity index (χ2n) is 3.91. The number of pyridine rings is 1. The fourth-order valence-corrected chi connectivity index (χ4v) is 1.84. The van der Waals surface area contributed by atoms with Gasteiger partial charge in [0.1, 0.15) is 12.4 Å². The van der Waals surface area contributed by atoms with Crippen molar-refractivity contribution in [1.82, 2.24) is 4.98 Å². The second kappa shape index (κ2) is 5.83. The molecular formula is C14H13ClFNO. The molecule has 0 unspecified atom stereocenters. The van der Waals surface area contributed by atoms with Gasteiger partial charge in [-0.2, -0.15) is 0 Å². The molecule has 0 amide bonds. The van der Waals surface area contributed by atoms with Crippen molar-refractivity contribution in [1.29, 1.82) is 0 Å². The van der Waals surface area contributed by atoms with Crippen LogP contribution in [0.5, 0.6) is 5.88 Å². The van der Waals surface area contributed by atoms with E-state index in [1.165, 1.54) is 6.07 Å². The number of benzene rings is 1. The average molecular weight is 266 g/mol. The first-order valence-corrected chi connectivity index (χ1v) is 6.13. The quantitative estimate of drug-likeness (QED) is 0.784. The van der Waals surface area contributed by atoms with Gasteiger partial charge in [-0.25, -0.2) is 9.37 Å². The van der Waals surface area contributed by atoms with E-state index in [2.05, 4.69) is 4.98 Å². The molecule has 0 fully saturated rings. The van der Waals surface area contributed by atoms with Crippen molar-refractivity contribution >= 4 is 11.6 Å². The number of rotatable bonds is 4. The third kappa shape index (κ3) is 2.99. The number of aryl methyl sites for hydroxylation is 1. The van der Waals surface area contributed by atoms with Crippen LogP contribution in [0.4, 0.5) is 4.39 Å². The summed E-state index contributed by atoms with van der Waals surface area (Å²) in [6.07, 6.45) is 0. The van der Waals surface area contributed by atoms with Gasteiger partial charge in [-0.1, -0.05) is 24.3 Å². The highest BCUT2D eigenvalue weighted by atomic mass is 35.5. The van der Waals surface area contributed by atoms with Crippen LogP contribution in [0.2, 0.25) is 0 Å². The van der Waals surface area contributed by atoms with E-state index >= 15 is 0 Å². The van der Waals surface area contributed by atoms with Gasteiger partial charge in [0.15, 0.2) is 0 Å². The Morgan fingerprint density at radius 1 is 1.17 bits per heavy atom. The predicted octanol–water partition coefficient (Wildman–Crippen LogP) is 3.85. The molecular weight excluding hydrogens is 253 g/mol. The summed E-state index contributed by atoms with van der Waals surface area (Å²) >= 11 is 5.75. The summed E-state index contributed by atoms with van der Waals surface area (Å²) in [5.74, 6) is 0.628. The largest absolute Gasteiger partial charge is 0.473 e. The summed E-state index contributed by atoms with van der Waals surface area (Å²) in [6.45, 7) is 2.03. The third-order valence-electron chi connectivity index (χ3n) is 2.65. The second-order valence-corrected chi connectivity index (χ2v) is 4.17. The Bertz CT molecular complexity index is 545. The number of hydrogen-bond donors (Lipinski definition) is 0. The molecule has 4 heteroatoms. The Kier molecular flexibility index (Phi) is 4.15. The minimum absolute atomic E-state index is 0.166. The van der Waals surface area contributed by atoms with Crippen LogP contribution in [0.25, 0.3) is 0 Å². The smallest absolute Gasteiger partial charge is 0.213 e. The van der Waals surface area contributed by atoms with E-state index in [0.717, 1.165) is 11.3 Å². The Labute approximate surface area is 110 Å². The normalized spacial score (nSPS) is 10.4. The average Bonchev–Trinajstić information content (AvgIpc) is 2.38. The number of aromatic nitrogens is 1. The molecule has 0 aliphatic carbocycles. The zero-order valence-electron chi connectivity index (χ0n) is 9.99. The van der Waals surface area contributed by atoms with Crippen molar-refractivity contribution < 1.29 is 9.13 Å². The molecule has 0 saturated carbocycles. The molecule has 0 aliphatic heterocycles. The minimum Gasteiger partial charge on any atom is -0.473 e. The molecule has 0 bridgehead atoms. The lowest BCUT2D eigenvalue weighted by atomic mass is 10.2. The fraction of sp³-hybridized carbons (Fsp3) is 0.214. The van der Waals surface area contributed by atoms with Gasteiger partial charge < -0.3 is 4.74 Å². The van der Waals surface area contributed by atoms with Gasteiger partial charge >= 0.3 is 0 Å². The van der Waals surface area contributed by atoms with Crippen molar-refractivity contribution in [2.24, 2.45) is 0 Å². The number of ether oxygens (including phenoxy) is 1. The fourth-order valence-electron chi connectivity index (χ4n) is 1.56. The molecule has 18 heavy (non-hydrogen) atoms. The lowest BCUT2D eigenvalue weighted by Crippen LogP contribution is -2.01. The van der Waals surface area contributed by atoms with Crippen molar-refractivity contribution in [3.8, 4) is 5.88 Å². The van der Waals surface area contributed by atoms with Crippen molar-refractivity contribution in [2.45, 2.75) is 19.4 Å². The monoisotopic (exact) mass is 265 g/mol. The summed E-state index contributed by atoms with van der Waals surface area (Å²) < 4.78 is 18.8. The van der Waals surface area contributed by atoms with Crippen LogP contribution in [0.15, 0.2) is 36.4 Å². The van der Waals surface area contributed by atoms with Gasteiger partial charge in [0.05, 0.1) is 0 Å². The summed E-state index contributed by atoms with van der Waals surface area (Å²) in [4.78, 5) is 4.26. The van der Waals surface area contributed by atoms with E-state index in [1.807, 2.05) is 13.0 Å². The van der Waals surface area contributed by atoms with E-state index < -0.39 is 0 Å². The summed E-state index contributed by atoms with van der Waals surface area (Å²) in [5, 5.41) is 0. The zero-order chi connectivity index (χ0) is 13.0. The molecule has 2 nitrogen and oxygen atoms in total. The van der Waals surface area contributed by atoms with E-state index in [9.17, 15) is 4.39 Å². The minimum atomic E-state index is -0.272. The first-order chi connectivity index (χ1) is 8.70. The van der Waals surface area contributed by atoms with Crippen LogP contribution < -0.4 is 4.74 Å². The SMILES string of the molecule is Cc1nc(OCc2ccccc2F)ccc1CCl. The highest BCUT2D eigenvalue weighted by Crippen LogP contribution is 2.16. The predicted molar refractivity (Wildman–Crippen MR) is 69.3 cm³/mol. The van der Waals surface area contributed by atoms with Gasteiger partial charge in [0.2, 0.25) is 5.88 Å². The molecule has 0 saturated heterocycles. The molecule has 0 N–H and O–H groups in total. The van der Waals surface area contributed by atoms with Gasteiger partial charge in [-0.05, 0) is 18.6 Å². The highest BCUT2D eigenvalue weighted by Gasteiger charge is 2.04. The number of halogens is 2. The molecule has 1 aromatic heterocycles. The number of hydrogen-bond acceptors (Lipinski definition) is 2. The first kappa shape index (κ1) is 12.8. The van der Waals surface area contributed by atoms with Crippen LogP contribution in [-0.2, 0) is 12.5 Å². The third-order valence-corrected chi connectivity index (χ3v) is 2.94. The molecule has 1 aromatic carbocycles. The van der Waals surface area contributed by atoms with E-state index in [4.69, 9.17) is 16.3 Å². The zero-order valence-corrected chi connectivity index (χ0v) is 10.7. The van der Waals surface area contributed by atoms with Gasteiger partial charge in [0.25, 0.3) is 0 Å². The molecule has 1 heterocycles. The van der Waals surface area contributed by atoms with Gasteiger partial charge in [0, 0.05) is 23.2 Å². The Hall–Kier alpha value is -1.61. The Morgan fingerprint density at radius 3 is 2.61 bits per heavy atom. The van der Waals surface area contributed by atoms with Gasteiger partial charge in [-0.15, -0.1) is 11.6 Å². The molecule has 0 spiro atoms. The summed E-state index contributed by atoms with van der Waals surface area (Å²) in [7, 11) is 0. The van der Waals surface area contributed by atoms with Crippen LogP contribution in [-0.4, -0.2) is 4.98 Å². The molecule has 0 atom stereocenters. The van der Waals surface area contributed by atoms with Gasteiger partial charge in [-0.3, -0.25) is 0 Å². The number of alkyl halides is 1. The lowest BCUT2D eigenvalue weighted by Gasteiger charge is -2.08. The molecule has 2 aromatic rings. The molecule has 0 radical (unpaired) electrons. The van der Waals surface area contributed by atoms with Crippen molar-refractivity contribution in [3.05, 3.63) is 59.0 Å². The summed E-state index contributed by atoms with van der Waals surface area (Å²) in [5.41, 5.74) is 2.31. The maximum atomic E-state index is 13.4. The lowest BCUT2D eigenvalue weighted by molar-refractivity contribution is 0.287. The number of nitrogens with zero attached hydrogens (tertiary/aromatic N) is 1. The standard InChI is InChI=1S/C14H13ClFNO/c1-10-11(8-15)6-7-14(17-10)18-9-12-4-2-3-5-13(12)16/h2-7H,8-9H2,1H3. The van der Waals surface area contributed by atoms with E-state index in [1.54, 1.807) is 24.3 Å². The Balaban J connectivity index is 2.07. The first-order valence-electron chi connectivity index (χ1n) is 5.59. The van der Waals surface area contributed by atoms with E-state index in [0.29, 0.717) is 17.3 Å². The molecule has 0 aliphatic rings. The maximum Gasteiger partial charge on any atom is 0.213 e. The molecule has 94 valence electrons. The van der Waals surface area contributed by atoms with Crippen LogP contribution in [0, 0.1) is 12.7 Å². The van der Waals surface area contributed by atoms with Crippen molar-refractivity contribution in [2.75, 3.05) is 0 Å². The Morgan fingerprint density at radius 2 is 1.94 bits per heavy atom. The van der Waals surface area contributed by atoms with Crippen LogP contribution >= 0.6 is 11.6 Å². The molecule has 2 rings (SSSR count). The topological polar surface area (TPSA) is 22.1 Å². The van der Waals surface area contributed by atoms with Crippen LogP contribution in [0.1, 0.15) is 16.8 Å². The highest BCUT2D eigenvalue weighted by molar-refractivity contribution is 6.17. The van der Waals surface area contributed by atoms with Crippen molar-refractivity contribution in [3.63, 3.8) is 0 Å².